The van der Waals surface area contributed by atoms with Crippen LogP contribution in [0, 0.1) is 0 Å². The molecule has 23 heavy (non-hydrogen) atoms. The van der Waals surface area contributed by atoms with E-state index in [0.29, 0.717) is 6.54 Å². The van der Waals surface area contributed by atoms with Gasteiger partial charge < -0.3 is 15.4 Å². The molecule has 126 valence electrons. The van der Waals surface area contributed by atoms with E-state index in [1.54, 1.807) is 25.0 Å². The van der Waals surface area contributed by atoms with Crippen molar-refractivity contribution in [2.45, 2.75) is 12.6 Å². The molecule has 1 amide bonds. The minimum Gasteiger partial charge on any atom is -0.496 e. The summed E-state index contributed by atoms with van der Waals surface area (Å²) in [6, 6.07) is 5.29. The normalized spacial score (nSPS) is 11.5. The number of carbonyl (C=O) groups is 1. The number of likely N-dealkylation sites (N-methyl/N-ethyl adjacent to an activating group) is 1. The van der Waals surface area contributed by atoms with Crippen molar-refractivity contribution in [1.29, 1.82) is 0 Å². The second-order valence-electron chi connectivity index (χ2n) is 4.86. The molecule has 0 bridgehead atoms. The first kappa shape index (κ1) is 19.5. The van der Waals surface area contributed by atoms with E-state index in [2.05, 4.69) is 31.7 Å². The predicted octanol–water partition coefficient (Wildman–Crippen LogP) is 2.19. The maximum Gasteiger partial charge on any atom is 0.242 e. The number of halogens is 2. The van der Waals surface area contributed by atoms with E-state index in [1.807, 2.05) is 31.4 Å². The number of hydrogen-bond donors (Lipinski definition) is 2. The Morgan fingerprint density at radius 2 is 2.22 bits per heavy atom. The Hall–Kier alpha value is -1.57. The van der Waals surface area contributed by atoms with Crippen molar-refractivity contribution >= 4 is 34.2 Å². The fourth-order valence-corrected chi connectivity index (χ4v) is 2.74. The van der Waals surface area contributed by atoms with Crippen LogP contribution in [0.4, 0.5) is 0 Å². The molecule has 2 rings (SSSR count). The van der Waals surface area contributed by atoms with Crippen LogP contribution in [-0.4, -0.2) is 29.8 Å². The van der Waals surface area contributed by atoms with Crippen LogP contribution in [0.3, 0.4) is 0 Å². The Morgan fingerprint density at radius 3 is 2.74 bits per heavy atom. The third kappa shape index (κ3) is 4.95. The zero-order valence-electron chi connectivity index (χ0n) is 13.2. The van der Waals surface area contributed by atoms with Crippen LogP contribution < -0.4 is 15.4 Å². The molecule has 0 aliphatic heterocycles. The number of ether oxygens (including phenoxy) is 1. The number of nitrogens with one attached hydrogen (secondary N) is 2. The van der Waals surface area contributed by atoms with Gasteiger partial charge in [0.15, 0.2) is 0 Å². The Bertz CT molecular complexity index is 663. The largest absolute Gasteiger partial charge is 0.496 e. The zero-order chi connectivity index (χ0) is 16.1. The van der Waals surface area contributed by atoms with Crippen molar-refractivity contribution in [2.75, 3.05) is 14.2 Å². The Kier molecular flexibility index (Phi) is 7.54. The van der Waals surface area contributed by atoms with Crippen LogP contribution in [0.15, 0.2) is 35.1 Å². The maximum atomic E-state index is 12.3. The molecule has 8 heteroatoms. The highest BCUT2D eigenvalue weighted by Gasteiger charge is 2.19. The Morgan fingerprint density at radius 1 is 1.48 bits per heavy atom. The number of methoxy groups -OCH3 is 1. The Labute approximate surface area is 150 Å². The molecular formula is C15H20BrClN4O2. The highest BCUT2D eigenvalue weighted by atomic mass is 79.9. The van der Waals surface area contributed by atoms with Crippen molar-refractivity contribution in [1.82, 2.24) is 20.4 Å². The molecule has 1 heterocycles. The van der Waals surface area contributed by atoms with Crippen molar-refractivity contribution in [3.63, 3.8) is 0 Å². The lowest BCUT2D eigenvalue weighted by Gasteiger charge is -2.15. The topological polar surface area (TPSA) is 68.2 Å². The van der Waals surface area contributed by atoms with Gasteiger partial charge in [0.1, 0.15) is 11.8 Å². The van der Waals surface area contributed by atoms with Gasteiger partial charge in [0, 0.05) is 25.4 Å². The second-order valence-corrected chi connectivity index (χ2v) is 5.71. The molecule has 2 aromatic rings. The first-order valence-corrected chi connectivity index (χ1v) is 7.60. The van der Waals surface area contributed by atoms with Gasteiger partial charge in [0.05, 0.1) is 17.8 Å². The van der Waals surface area contributed by atoms with Gasteiger partial charge >= 0.3 is 0 Å². The third-order valence-corrected chi connectivity index (χ3v) is 3.91. The number of hydrogen-bond acceptors (Lipinski definition) is 4. The van der Waals surface area contributed by atoms with Gasteiger partial charge in [0.2, 0.25) is 5.91 Å². The fourth-order valence-electron chi connectivity index (χ4n) is 2.15. The third-order valence-electron chi connectivity index (χ3n) is 3.29. The molecule has 0 fully saturated rings. The molecule has 0 radical (unpaired) electrons. The molecule has 2 N–H and O–H groups in total. The number of aryl methyl sites for hydroxylation is 1. The average molecular weight is 404 g/mol. The van der Waals surface area contributed by atoms with Gasteiger partial charge in [-0.05, 0) is 40.7 Å². The summed E-state index contributed by atoms with van der Waals surface area (Å²) in [7, 11) is 5.19. The molecule has 0 saturated heterocycles. The van der Waals surface area contributed by atoms with Gasteiger partial charge in [0.25, 0.3) is 0 Å². The van der Waals surface area contributed by atoms with Crippen LogP contribution in [0.25, 0.3) is 0 Å². The number of nitrogens with zero attached hydrogens (tertiary/aromatic N) is 2. The molecule has 1 unspecified atom stereocenters. The highest BCUT2D eigenvalue weighted by Crippen LogP contribution is 2.25. The van der Waals surface area contributed by atoms with E-state index in [0.717, 1.165) is 21.3 Å². The van der Waals surface area contributed by atoms with E-state index >= 15 is 0 Å². The molecule has 0 saturated carbocycles. The Balaban J connectivity index is 0.00000264. The molecule has 6 nitrogen and oxygen atoms in total. The molecule has 0 spiro atoms. The number of carbonyl (C=O) groups excluding carboxylic acids is 1. The summed E-state index contributed by atoms with van der Waals surface area (Å²) < 4.78 is 7.72. The van der Waals surface area contributed by atoms with Gasteiger partial charge in [-0.15, -0.1) is 12.4 Å². The summed E-state index contributed by atoms with van der Waals surface area (Å²) in [5.74, 6) is 0.668. The predicted molar refractivity (Wildman–Crippen MR) is 94.8 cm³/mol. The van der Waals surface area contributed by atoms with Crippen molar-refractivity contribution < 1.29 is 9.53 Å². The first-order valence-electron chi connectivity index (χ1n) is 6.81. The standard InChI is InChI=1S/C15H19BrN4O2.ClH/c1-17-14(11-8-19-20(2)9-11)15(21)18-7-10-4-5-13(22-3)12(16)6-10;/h4-6,8-9,14,17H,7H2,1-3H3,(H,18,21);1H. The summed E-state index contributed by atoms with van der Waals surface area (Å²) in [6.07, 6.45) is 3.51. The van der Waals surface area contributed by atoms with Gasteiger partial charge in [-0.3, -0.25) is 9.48 Å². The lowest BCUT2D eigenvalue weighted by Crippen LogP contribution is -2.35. The van der Waals surface area contributed by atoms with Crippen LogP contribution in [0.1, 0.15) is 17.2 Å². The minimum atomic E-state index is -0.421. The molecule has 0 aliphatic carbocycles. The number of amides is 1. The van der Waals surface area contributed by atoms with E-state index in [9.17, 15) is 4.79 Å². The molecule has 1 aromatic carbocycles. The quantitative estimate of drug-likeness (QED) is 0.776. The van der Waals surface area contributed by atoms with Gasteiger partial charge in [-0.1, -0.05) is 6.07 Å². The number of rotatable bonds is 6. The lowest BCUT2D eigenvalue weighted by molar-refractivity contribution is -0.123. The van der Waals surface area contributed by atoms with Gasteiger partial charge in [-0.2, -0.15) is 5.10 Å². The summed E-state index contributed by atoms with van der Waals surface area (Å²) in [5, 5.41) is 10.0. The van der Waals surface area contributed by atoms with E-state index in [4.69, 9.17) is 4.74 Å². The fraction of sp³-hybridized carbons (Fsp3) is 0.333. The monoisotopic (exact) mass is 402 g/mol. The van der Waals surface area contributed by atoms with Crippen LogP contribution in [0.2, 0.25) is 0 Å². The summed E-state index contributed by atoms with van der Waals surface area (Å²) in [6.45, 7) is 0.444. The molecule has 1 aromatic heterocycles. The van der Waals surface area contributed by atoms with Gasteiger partial charge in [-0.25, -0.2) is 0 Å². The summed E-state index contributed by atoms with van der Waals surface area (Å²) in [4.78, 5) is 12.3. The van der Waals surface area contributed by atoms with E-state index in [1.165, 1.54) is 0 Å². The molecular weight excluding hydrogens is 384 g/mol. The number of benzene rings is 1. The SMILES string of the molecule is CNC(C(=O)NCc1ccc(OC)c(Br)c1)c1cnn(C)c1.Cl. The second kappa shape index (κ2) is 8.90. The average Bonchev–Trinajstić information content (AvgIpc) is 2.92. The maximum absolute atomic E-state index is 12.3. The number of aromatic nitrogens is 2. The lowest BCUT2D eigenvalue weighted by atomic mass is 10.1. The summed E-state index contributed by atoms with van der Waals surface area (Å²) in [5.41, 5.74) is 1.82. The first-order chi connectivity index (χ1) is 10.5. The minimum absolute atomic E-state index is 0. The van der Waals surface area contributed by atoms with Crippen LogP contribution >= 0.6 is 28.3 Å². The van der Waals surface area contributed by atoms with Crippen molar-refractivity contribution in [3.8, 4) is 5.75 Å². The van der Waals surface area contributed by atoms with E-state index < -0.39 is 6.04 Å². The summed E-state index contributed by atoms with van der Waals surface area (Å²) >= 11 is 3.44. The molecule has 0 aliphatic rings. The van der Waals surface area contributed by atoms with Crippen LogP contribution in [-0.2, 0) is 18.4 Å². The van der Waals surface area contributed by atoms with Crippen molar-refractivity contribution in [3.05, 3.63) is 46.2 Å². The molecule has 1 atom stereocenters. The smallest absolute Gasteiger partial charge is 0.242 e. The van der Waals surface area contributed by atoms with Crippen LogP contribution in [0.5, 0.6) is 5.75 Å². The van der Waals surface area contributed by atoms with Crippen molar-refractivity contribution in [2.24, 2.45) is 7.05 Å². The highest BCUT2D eigenvalue weighted by molar-refractivity contribution is 9.10. The van der Waals surface area contributed by atoms with E-state index in [-0.39, 0.29) is 18.3 Å². The zero-order valence-corrected chi connectivity index (χ0v) is 15.6.